The van der Waals surface area contributed by atoms with Crippen LogP contribution in [0.25, 0.3) is 0 Å². The van der Waals surface area contributed by atoms with Gasteiger partial charge in [-0.3, -0.25) is 4.79 Å². The predicted molar refractivity (Wildman–Crippen MR) is 83.4 cm³/mol. The van der Waals surface area contributed by atoms with Crippen LogP contribution in [0, 0.1) is 23.5 Å². The van der Waals surface area contributed by atoms with Crippen molar-refractivity contribution < 1.29 is 31.5 Å². The number of carbonyl (C=O) groups is 1. The maximum atomic E-state index is 13.3. The Labute approximate surface area is 145 Å². The van der Waals surface area contributed by atoms with E-state index in [-0.39, 0.29) is 18.9 Å². The molecule has 26 heavy (non-hydrogen) atoms. The second kappa shape index (κ2) is 8.34. The largest absolute Gasteiger partial charge is 0.478 e. The van der Waals surface area contributed by atoms with Gasteiger partial charge in [-0.2, -0.15) is 13.2 Å². The number of benzene rings is 2. The fourth-order valence-corrected chi connectivity index (χ4v) is 1.97. The number of hydrogen-bond donors (Lipinski definition) is 1. The number of nitrogens with one attached hydrogen (secondary N) is 1. The molecular formula is C18H12F5NO2. The highest BCUT2D eigenvalue weighted by atomic mass is 19.4. The first kappa shape index (κ1) is 19.2. The van der Waals surface area contributed by atoms with Crippen LogP contribution >= 0.6 is 0 Å². The quantitative estimate of drug-likeness (QED) is 0.658. The van der Waals surface area contributed by atoms with Crippen LogP contribution in [0.4, 0.5) is 22.0 Å². The summed E-state index contributed by atoms with van der Waals surface area (Å²) in [5.41, 5.74) is -1.55. The maximum absolute atomic E-state index is 13.3. The molecule has 0 bridgehead atoms. The Morgan fingerprint density at radius 2 is 1.81 bits per heavy atom. The van der Waals surface area contributed by atoms with Crippen molar-refractivity contribution in [2.24, 2.45) is 0 Å². The molecule has 3 nitrogen and oxygen atoms in total. The van der Waals surface area contributed by atoms with E-state index in [1.807, 2.05) is 0 Å². The summed E-state index contributed by atoms with van der Waals surface area (Å²) in [5.74, 6) is 2.18. The van der Waals surface area contributed by atoms with E-state index in [1.165, 1.54) is 12.1 Å². The van der Waals surface area contributed by atoms with Gasteiger partial charge in [0.05, 0.1) is 17.7 Å². The lowest BCUT2D eigenvalue weighted by atomic mass is 10.1. The third-order valence-electron chi connectivity index (χ3n) is 3.13. The van der Waals surface area contributed by atoms with E-state index in [4.69, 9.17) is 4.74 Å². The van der Waals surface area contributed by atoms with E-state index < -0.39 is 34.8 Å². The van der Waals surface area contributed by atoms with Crippen molar-refractivity contribution in [3.8, 4) is 17.6 Å². The molecule has 0 aliphatic rings. The van der Waals surface area contributed by atoms with Gasteiger partial charge < -0.3 is 10.1 Å². The fraction of sp³-hybridized carbons (Fsp3) is 0.167. The van der Waals surface area contributed by atoms with Crippen LogP contribution in [-0.2, 0) is 6.18 Å². The molecule has 1 N–H and O–H groups in total. The molecule has 0 spiro atoms. The molecule has 1 amide bonds. The Balaban J connectivity index is 1.87. The lowest BCUT2D eigenvalue weighted by Gasteiger charge is -2.11. The maximum Gasteiger partial charge on any atom is 0.417 e. The molecule has 2 rings (SSSR count). The molecular weight excluding hydrogens is 357 g/mol. The summed E-state index contributed by atoms with van der Waals surface area (Å²) in [6.07, 6.45) is -4.65. The average Bonchev–Trinajstić information content (AvgIpc) is 2.58. The summed E-state index contributed by atoms with van der Waals surface area (Å²) >= 11 is 0. The minimum Gasteiger partial charge on any atom is -0.478 e. The zero-order chi connectivity index (χ0) is 19.2. The fourth-order valence-electron chi connectivity index (χ4n) is 1.97. The molecule has 2 aromatic carbocycles. The van der Waals surface area contributed by atoms with E-state index in [0.29, 0.717) is 6.07 Å². The van der Waals surface area contributed by atoms with E-state index in [9.17, 15) is 26.7 Å². The first-order valence-corrected chi connectivity index (χ1v) is 7.27. The number of alkyl halides is 3. The third-order valence-corrected chi connectivity index (χ3v) is 3.13. The SMILES string of the molecule is O=C(NCC#CCOc1ccc(F)cc1F)c1ccccc1C(F)(F)F. The number of carbonyl (C=O) groups excluding carboxylic acids is 1. The summed E-state index contributed by atoms with van der Waals surface area (Å²) in [5, 5.41) is 2.24. The smallest absolute Gasteiger partial charge is 0.417 e. The van der Waals surface area contributed by atoms with Crippen LogP contribution in [0.1, 0.15) is 15.9 Å². The van der Waals surface area contributed by atoms with E-state index >= 15 is 0 Å². The molecule has 0 aliphatic heterocycles. The minimum absolute atomic E-state index is 0.191. The zero-order valence-electron chi connectivity index (χ0n) is 13.2. The van der Waals surface area contributed by atoms with Crippen molar-refractivity contribution >= 4 is 5.91 Å². The molecule has 0 atom stereocenters. The second-order valence-corrected chi connectivity index (χ2v) is 4.94. The highest BCUT2D eigenvalue weighted by molar-refractivity contribution is 5.96. The Morgan fingerprint density at radius 3 is 2.50 bits per heavy atom. The van der Waals surface area contributed by atoms with Gasteiger partial charge in [0.25, 0.3) is 5.91 Å². The van der Waals surface area contributed by atoms with E-state index in [2.05, 4.69) is 17.2 Å². The van der Waals surface area contributed by atoms with Gasteiger partial charge in [0.15, 0.2) is 11.6 Å². The zero-order valence-corrected chi connectivity index (χ0v) is 13.2. The third kappa shape index (κ3) is 5.21. The van der Waals surface area contributed by atoms with E-state index in [0.717, 1.165) is 24.3 Å². The average molecular weight is 369 g/mol. The van der Waals surface area contributed by atoms with Crippen LogP contribution in [0.3, 0.4) is 0 Å². The summed E-state index contributed by atoms with van der Waals surface area (Å²) in [6, 6.07) is 7.15. The minimum atomic E-state index is -4.65. The first-order valence-electron chi connectivity index (χ1n) is 7.27. The van der Waals surface area contributed by atoms with Gasteiger partial charge in [-0.1, -0.05) is 24.0 Å². The van der Waals surface area contributed by atoms with Crippen LogP contribution in [0.15, 0.2) is 42.5 Å². The van der Waals surface area contributed by atoms with Gasteiger partial charge in [0.2, 0.25) is 0 Å². The molecule has 0 radical (unpaired) electrons. The molecule has 0 fully saturated rings. The molecule has 0 aliphatic carbocycles. The molecule has 8 heteroatoms. The number of ether oxygens (including phenoxy) is 1. The lowest BCUT2D eigenvalue weighted by molar-refractivity contribution is -0.137. The van der Waals surface area contributed by atoms with Crippen LogP contribution in [0.2, 0.25) is 0 Å². The molecule has 0 unspecified atom stereocenters. The normalized spacial score (nSPS) is 10.7. The predicted octanol–water partition coefficient (Wildman–Crippen LogP) is 3.80. The number of rotatable bonds is 4. The Hall–Kier alpha value is -3.08. The van der Waals surface area contributed by atoms with Crippen molar-refractivity contribution in [2.75, 3.05) is 13.2 Å². The van der Waals surface area contributed by atoms with Gasteiger partial charge in [-0.15, -0.1) is 0 Å². The van der Waals surface area contributed by atoms with Gasteiger partial charge in [0, 0.05) is 6.07 Å². The second-order valence-electron chi connectivity index (χ2n) is 4.94. The first-order chi connectivity index (χ1) is 12.3. The monoisotopic (exact) mass is 369 g/mol. The Bertz CT molecular complexity index is 853. The molecule has 0 saturated heterocycles. The van der Waals surface area contributed by atoms with Crippen molar-refractivity contribution in [3.63, 3.8) is 0 Å². The van der Waals surface area contributed by atoms with Crippen molar-refractivity contribution in [2.45, 2.75) is 6.18 Å². The highest BCUT2D eigenvalue weighted by Crippen LogP contribution is 2.31. The van der Waals surface area contributed by atoms with Gasteiger partial charge in [-0.05, 0) is 24.3 Å². The Morgan fingerprint density at radius 1 is 1.08 bits per heavy atom. The number of amides is 1. The summed E-state index contributed by atoms with van der Waals surface area (Å²) in [4.78, 5) is 11.8. The molecule has 2 aromatic rings. The van der Waals surface area contributed by atoms with Gasteiger partial charge in [0.1, 0.15) is 12.4 Å². The van der Waals surface area contributed by atoms with Crippen molar-refractivity contribution in [3.05, 3.63) is 65.2 Å². The van der Waals surface area contributed by atoms with Crippen molar-refractivity contribution in [1.82, 2.24) is 5.32 Å². The van der Waals surface area contributed by atoms with E-state index in [1.54, 1.807) is 0 Å². The summed E-state index contributed by atoms with van der Waals surface area (Å²) in [7, 11) is 0. The van der Waals surface area contributed by atoms with Crippen LogP contribution < -0.4 is 10.1 Å². The standard InChI is InChI=1S/C18H12F5NO2/c19-12-7-8-16(15(20)11-12)26-10-4-3-9-24-17(25)13-5-1-2-6-14(13)18(21,22)23/h1-2,5-8,11H,9-10H2,(H,24,25). The summed E-state index contributed by atoms with van der Waals surface area (Å²) < 4.78 is 69.5. The summed E-state index contributed by atoms with van der Waals surface area (Å²) in [6.45, 7) is -0.460. The molecule has 0 aromatic heterocycles. The van der Waals surface area contributed by atoms with Crippen molar-refractivity contribution in [1.29, 1.82) is 0 Å². The van der Waals surface area contributed by atoms with Crippen LogP contribution in [0.5, 0.6) is 5.75 Å². The highest BCUT2D eigenvalue weighted by Gasteiger charge is 2.34. The number of halogens is 5. The lowest BCUT2D eigenvalue weighted by Crippen LogP contribution is -2.26. The topological polar surface area (TPSA) is 38.3 Å². The number of hydrogen-bond acceptors (Lipinski definition) is 2. The van der Waals surface area contributed by atoms with Crippen LogP contribution in [-0.4, -0.2) is 19.1 Å². The molecule has 136 valence electrons. The molecule has 0 saturated carbocycles. The molecule has 0 heterocycles. The Kier molecular flexibility index (Phi) is 6.17. The van der Waals surface area contributed by atoms with Gasteiger partial charge in [-0.25, -0.2) is 8.78 Å². The van der Waals surface area contributed by atoms with Gasteiger partial charge >= 0.3 is 6.18 Å².